The van der Waals surface area contributed by atoms with Crippen molar-refractivity contribution in [3.8, 4) is 17.0 Å². The van der Waals surface area contributed by atoms with Crippen LogP contribution in [0.3, 0.4) is 0 Å². The molecular weight excluding hydrogens is 524 g/mol. The molecule has 0 atom stereocenters. The van der Waals surface area contributed by atoms with Gasteiger partial charge < -0.3 is 14.5 Å². The Labute approximate surface area is 251 Å². The molecule has 3 aliphatic rings. The van der Waals surface area contributed by atoms with Gasteiger partial charge in [-0.2, -0.15) is 0 Å². The van der Waals surface area contributed by atoms with Gasteiger partial charge in [-0.1, -0.05) is 52.0 Å². The normalized spacial score (nSPS) is 21.5. The van der Waals surface area contributed by atoms with Crippen molar-refractivity contribution in [2.24, 2.45) is 0 Å². The highest BCUT2D eigenvalue weighted by molar-refractivity contribution is 7.10. The van der Waals surface area contributed by atoms with E-state index in [1.165, 1.54) is 78.4 Å². The Morgan fingerprint density at radius 1 is 0.829 bits per heavy atom. The molecule has 0 spiro atoms. The van der Waals surface area contributed by atoms with Crippen LogP contribution >= 0.6 is 11.3 Å². The second-order valence-electron chi connectivity index (χ2n) is 13.7. The van der Waals surface area contributed by atoms with Crippen LogP contribution in [0.5, 0.6) is 5.75 Å². The van der Waals surface area contributed by atoms with Gasteiger partial charge in [-0.25, -0.2) is 4.98 Å². The van der Waals surface area contributed by atoms with Crippen molar-refractivity contribution in [3.05, 3.63) is 64.0 Å². The van der Waals surface area contributed by atoms with Crippen LogP contribution in [-0.4, -0.2) is 74.3 Å². The zero-order chi connectivity index (χ0) is 28.6. The van der Waals surface area contributed by atoms with Crippen LogP contribution in [-0.2, 0) is 10.8 Å². The summed E-state index contributed by atoms with van der Waals surface area (Å²) in [4.78, 5) is 13.0. The third-order valence-electron chi connectivity index (χ3n) is 10.1. The van der Waals surface area contributed by atoms with E-state index in [9.17, 15) is 0 Å². The van der Waals surface area contributed by atoms with E-state index in [1.54, 1.807) is 7.11 Å². The molecular formula is C35H48N4OS. The quantitative estimate of drug-likeness (QED) is 0.300. The fourth-order valence-corrected chi connectivity index (χ4v) is 8.15. The van der Waals surface area contributed by atoms with Gasteiger partial charge in [0.1, 0.15) is 5.75 Å². The first-order chi connectivity index (χ1) is 19.7. The average molecular weight is 573 g/mol. The molecule has 2 fully saturated rings. The van der Waals surface area contributed by atoms with Crippen molar-refractivity contribution in [2.75, 3.05) is 64.4 Å². The molecule has 2 saturated heterocycles. The van der Waals surface area contributed by atoms with Crippen molar-refractivity contribution in [3.63, 3.8) is 0 Å². The fraction of sp³-hybridized carbons (Fsp3) is 0.571. The molecule has 6 heteroatoms. The van der Waals surface area contributed by atoms with Crippen molar-refractivity contribution >= 4 is 17.0 Å². The Kier molecular flexibility index (Phi) is 8.19. The van der Waals surface area contributed by atoms with E-state index in [-0.39, 0.29) is 10.8 Å². The first kappa shape index (κ1) is 28.7. The Hall–Kier alpha value is -2.41. The third-order valence-corrected chi connectivity index (χ3v) is 11.1. The van der Waals surface area contributed by atoms with Gasteiger partial charge in [0.05, 0.1) is 23.5 Å². The molecule has 3 heterocycles. The first-order valence-corrected chi connectivity index (χ1v) is 16.5. The lowest BCUT2D eigenvalue weighted by molar-refractivity contribution is 0.168. The number of aromatic nitrogens is 1. The second-order valence-corrected chi connectivity index (χ2v) is 14.6. The maximum Gasteiger partial charge on any atom is 0.142 e. The Bertz CT molecular complexity index is 1330. The van der Waals surface area contributed by atoms with E-state index in [0.717, 1.165) is 38.5 Å². The van der Waals surface area contributed by atoms with Crippen LogP contribution in [0.2, 0.25) is 0 Å². The number of methoxy groups -OCH3 is 1. The van der Waals surface area contributed by atoms with Gasteiger partial charge in [-0.15, -0.1) is 11.3 Å². The fourth-order valence-electron chi connectivity index (χ4n) is 7.15. The van der Waals surface area contributed by atoms with E-state index in [4.69, 9.17) is 9.72 Å². The van der Waals surface area contributed by atoms with Gasteiger partial charge in [-0.05, 0) is 78.9 Å². The largest absolute Gasteiger partial charge is 0.495 e. The summed E-state index contributed by atoms with van der Waals surface area (Å²) in [6.07, 6.45) is 4.95. The lowest BCUT2D eigenvalue weighted by Gasteiger charge is -2.42. The third kappa shape index (κ3) is 6.07. The van der Waals surface area contributed by atoms with Crippen LogP contribution in [0, 0.1) is 0 Å². The van der Waals surface area contributed by atoms with Crippen molar-refractivity contribution in [2.45, 2.75) is 70.1 Å². The number of piperidine rings is 1. The number of nitrogens with zero attached hydrogens (tertiary/aromatic N) is 4. The molecule has 41 heavy (non-hydrogen) atoms. The molecule has 0 N–H and O–H groups in total. The van der Waals surface area contributed by atoms with Crippen LogP contribution in [0.15, 0.2) is 47.8 Å². The molecule has 0 saturated carbocycles. The summed E-state index contributed by atoms with van der Waals surface area (Å²) in [5, 5.41) is 3.64. The van der Waals surface area contributed by atoms with Crippen LogP contribution in [0.1, 0.15) is 75.4 Å². The molecule has 2 aliphatic heterocycles. The highest BCUT2D eigenvalue weighted by Gasteiger charge is 2.37. The zero-order valence-corrected chi connectivity index (χ0v) is 26.6. The minimum absolute atomic E-state index is 0.232. The maximum absolute atomic E-state index is 5.59. The number of likely N-dealkylation sites (tertiary alicyclic amines) is 1. The molecule has 0 amide bonds. The van der Waals surface area contributed by atoms with Crippen LogP contribution < -0.4 is 9.64 Å². The monoisotopic (exact) mass is 572 g/mol. The molecule has 1 aromatic heterocycles. The lowest BCUT2D eigenvalue weighted by atomic mass is 9.63. The molecule has 1 aliphatic carbocycles. The SMILES string of the molecule is COc1ccccc1N1CCN(CCN2CCC(c3nc(-c4ccc5c(c4)C(C)(C)CCC5(C)C)cs3)CC2)CC1. The summed E-state index contributed by atoms with van der Waals surface area (Å²) in [6, 6.07) is 15.6. The molecule has 0 unspecified atom stereocenters. The van der Waals surface area contributed by atoms with Crippen molar-refractivity contribution in [1.29, 1.82) is 0 Å². The Morgan fingerprint density at radius 2 is 1.49 bits per heavy atom. The van der Waals surface area contributed by atoms with Gasteiger partial charge in [0.2, 0.25) is 0 Å². The summed E-state index contributed by atoms with van der Waals surface area (Å²) in [7, 11) is 1.77. The van der Waals surface area contributed by atoms with Gasteiger partial charge >= 0.3 is 0 Å². The number of hydrogen-bond donors (Lipinski definition) is 0. The number of fused-ring (bicyclic) bond motifs is 1. The summed E-state index contributed by atoms with van der Waals surface area (Å²) in [5.41, 5.74) is 7.22. The minimum atomic E-state index is 0.232. The van der Waals surface area contributed by atoms with Gasteiger partial charge in [0, 0.05) is 56.1 Å². The van der Waals surface area contributed by atoms with E-state index in [1.807, 2.05) is 17.4 Å². The average Bonchev–Trinajstić information content (AvgIpc) is 3.49. The number of thiazole rings is 1. The van der Waals surface area contributed by atoms with E-state index in [0.29, 0.717) is 5.92 Å². The van der Waals surface area contributed by atoms with Gasteiger partial charge in [0.25, 0.3) is 0 Å². The number of rotatable bonds is 7. The number of anilines is 1. The predicted octanol–water partition coefficient (Wildman–Crippen LogP) is 7.17. The Morgan fingerprint density at radius 3 is 2.20 bits per heavy atom. The standard InChI is InChI=1S/C35H48N4OS/c1-34(2)14-15-35(3,4)29-24-27(10-11-28(29)34)30-25-41-33(36-30)26-12-16-37(17-13-26)18-19-38-20-22-39(23-21-38)31-8-6-7-9-32(31)40-5/h6-11,24-26H,12-23H2,1-5H3. The molecule has 6 rings (SSSR count). The zero-order valence-electron chi connectivity index (χ0n) is 25.8. The predicted molar refractivity (Wildman–Crippen MR) is 173 cm³/mol. The molecule has 3 aromatic rings. The number of hydrogen-bond acceptors (Lipinski definition) is 6. The van der Waals surface area contributed by atoms with Crippen LogP contribution in [0.4, 0.5) is 5.69 Å². The smallest absolute Gasteiger partial charge is 0.142 e. The summed E-state index contributed by atoms with van der Waals surface area (Å²) in [6.45, 7) is 18.7. The number of para-hydroxylation sites is 2. The minimum Gasteiger partial charge on any atom is -0.495 e. The van der Waals surface area contributed by atoms with Crippen LogP contribution in [0.25, 0.3) is 11.3 Å². The van der Waals surface area contributed by atoms with Crippen molar-refractivity contribution < 1.29 is 4.74 Å². The van der Waals surface area contributed by atoms with Crippen molar-refractivity contribution in [1.82, 2.24) is 14.8 Å². The molecule has 0 radical (unpaired) electrons. The number of piperazine rings is 1. The van der Waals surface area contributed by atoms with E-state index < -0.39 is 0 Å². The highest BCUT2D eigenvalue weighted by atomic mass is 32.1. The summed E-state index contributed by atoms with van der Waals surface area (Å²) >= 11 is 1.87. The highest BCUT2D eigenvalue weighted by Crippen LogP contribution is 2.47. The summed E-state index contributed by atoms with van der Waals surface area (Å²) in [5.74, 6) is 1.58. The van der Waals surface area contributed by atoms with Gasteiger partial charge in [-0.3, -0.25) is 4.90 Å². The number of benzene rings is 2. The molecule has 5 nitrogen and oxygen atoms in total. The Balaban J connectivity index is 0.996. The first-order valence-electron chi connectivity index (χ1n) is 15.7. The molecule has 220 valence electrons. The summed E-state index contributed by atoms with van der Waals surface area (Å²) < 4.78 is 5.59. The van der Waals surface area contributed by atoms with E-state index >= 15 is 0 Å². The maximum atomic E-state index is 5.59. The number of ether oxygens (including phenoxy) is 1. The van der Waals surface area contributed by atoms with E-state index in [2.05, 4.69) is 84.2 Å². The molecule has 2 aromatic carbocycles. The second kappa shape index (κ2) is 11.7. The molecule has 0 bridgehead atoms. The topological polar surface area (TPSA) is 31.8 Å². The lowest BCUT2D eigenvalue weighted by Crippen LogP contribution is -2.49. The van der Waals surface area contributed by atoms with Gasteiger partial charge in [0.15, 0.2) is 0 Å².